The Hall–Kier alpha value is -1.31. The van der Waals surface area contributed by atoms with Gasteiger partial charge < -0.3 is 4.18 Å². The van der Waals surface area contributed by atoms with Gasteiger partial charge in [0, 0.05) is 0 Å². The van der Waals surface area contributed by atoms with E-state index < -0.39 is 27.2 Å². The van der Waals surface area contributed by atoms with E-state index in [0.29, 0.717) is 17.4 Å². The second-order valence-corrected chi connectivity index (χ2v) is 9.82. The highest BCUT2D eigenvalue weighted by molar-refractivity contribution is 7.88. The van der Waals surface area contributed by atoms with Gasteiger partial charge in [0.25, 0.3) is 0 Å². The molecule has 0 N–H and O–H groups in total. The van der Waals surface area contributed by atoms with E-state index >= 15 is 0 Å². The van der Waals surface area contributed by atoms with Crippen molar-refractivity contribution >= 4 is 10.1 Å². The Kier molecular flexibility index (Phi) is 9.24. The van der Waals surface area contributed by atoms with E-state index in [4.69, 9.17) is 0 Å². The summed E-state index contributed by atoms with van der Waals surface area (Å²) in [5.41, 5.74) is -4.61. The lowest BCUT2D eigenvalue weighted by atomic mass is 9.89. The van der Waals surface area contributed by atoms with Crippen molar-refractivity contribution in [1.82, 2.24) is 0 Å². The van der Waals surface area contributed by atoms with Crippen molar-refractivity contribution in [2.45, 2.75) is 84.1 Å². The van der Waals surface area contributed by atoms with E-state index in [1.54, 1.807) is 0 Å². The first kappa shape index (κ1) is 24.7. The second kappa shape index (κ2) is 10.5. The monoisotopic (exact) mass is 426 g/mol. The summed E-state index contributed by atoms with van der Waals surface area (Å²) in [5, 5.41) is 0. The maximum absolute atomic E-state index is 13.8. The highest BCUT2D eigenvalue weighted by atomic mass is 32.2. The molecular weight excluding hydrogens is 396 g/mol. The molecule has 0 amide bonds. The van der Waals surface area contributed by atoms with Crippen LogP contribution in [0.5, 0.6) is 5.75 Å². The zero-order valence-electron chi connectivity index (χ0n) is 16.7. The molecule has 0 aliphatic carbocycles. The molecule has 0 unspecified atom stereocenters. The quantitative estimate of drug-likeness (QED) is 0.170. The molecule has 8 heteroatoms. The Balaban J connectivity index is 2.31. The zero-order valence-corrected chi connectivity index (χ0v) is 17.6. The van der Waals surface area contributed by atoms with Crippen LogP contribution in [0.3, 0.4) is 0 Å². The number of aryl methyl sites for hydroxylation is 1. The Morgan fingerprint density at radius 3 is 1.93 bits per heavy atom. The summed E-state index contributed by atoms with van der Waals surface area (Å²) in [7, 11) is -5.87. The summed E-state index contributed by atoms with van der Waals surface area (Å²) in [6.07, 6.45) is 9.53. The standard InChI is InChI=1S/C20H30F4O3S/c1-19(2,3)14-10-8-6-4-5-7-9-11-16-12-13-18(17(21)15-16)27-28(25,26)20(22,23)24/h12-13,15H,4-11,14H2,1-3H3. The van der Waals surface area contributed by atoms with Gasteiger partial charge in [-0.05, 0) is 42.4 Å². The summed E-state index contributed by atoms with van der Waals surface area (Å²) in [6.45, 7) is 6.72. The van der Waals surface area contributed by atoms with Crippen LogP contribution in [0.15, 0.2) is 18.2 Å². The highest BCUT2D eigenvalue weighted by Crippen LogP contribution is 2.29. The number of hydrogen-bond donors (Lipinski definition) is 0. The third kappa shape index (κ3) is 9.26. The van der Waals surface area contributed by atoms with Gasteiger partial charge in [-0.2, -0.15) is 21.6 Å². The van der Waals surface area contributed by atoms with Crippen LogP contribution in [0.1, 0.15) is 77.7 Å². The fourth-order valence-electron chi connectivity index (χ4n) is 2.80. The molecule has 0 saturated heterocycles. The van der Waals surface area contributed by atoms with Crippen LogP contribution in [0.25, 0.3) is 0 Å². The average Bonchev–Trinajstić information content (AvgIpc) is 2.53. The van der Waals surface area contributed by atoms with Gasteiger partial charge in [0.2, 0.25) is 0 Å². The van der Waals surface area contributed by atoms with Crippen molar-refractivity contribution in [2.75, 3.05) is 0 Å². The molecule has 3 nitrogen and oxygen atoms in total. The minimum absolute atomic E-state index is 0.382. The van der Waals surface area contributed by atoms with Crippen LogP contribution in [0.2, 0.25) is 0 Å². The summed E-state index contributed by atoms with van der Waals surface area (Å²) in [6, 6.07) is 3.33. The molecule has 162 valence electrons. The smallest absolute Gasteiger partial charge is 0.373 e. The number of benzene rings is 1. The second-order valence-electron chi connectivity index (χ2n) is 8.28. The molecule has 0 aromatic heterocycles. The van der Waals surface area contributed by atoms with Crippen LogP contribution >= 0.6 is 0 Å². The van der Waals surface area contributed by atoms with E-state index in [1.165, 1.54) is 31.7 Å². The minimum atomic E-state index is -5.87. The van der Waals surface area contributed by atoms with E-state index in [0.717, 1.165) is 37.8 Å². The van der Waals surface area contributed by atoms with E-state index in [-0.39, 0.29) is 0 Å². The molecule has 0 heterocycles. The number of hydrogen-bond acceptors (Lipinski definition) is 3. The molecule has 0 fully saturated rings. The van der Waals surface area contributed by atoms with Gasteiger partial charge in [-0.1, -0.05) is 65.4 Å². The summed E-state index contributed by atoms with van der Waals surface area (Å²) < 4.78 is 76.4. The molecular formula is C20H30F4O3S. The number of alkyl halides is 3. The zero-order chi connectivity index (χ0) is 21.4. The molecule has 0 atom stereocenters. The average molecular weight is 427 g/mol. The number of rotatable bonds is 11. The molecule has 1 aromatic carbocycles. The first-order chi connectivity index (χ1) is 12.8. The molecule has 28 heavy (non-hydrogen) atoms. The van der Waals surface area contributed by atoms with E-state index in [2.05, 4.69) is 25.0 Å². The molecule has 1 rings (SSSR count). The van der Waals surface area contributed by atoms with E-state index in [1.807, 2.05) is 0 Å². The van der Waals surface area contributed by atoms with Crippen molar-refractivity contribution in [3.05, 3.63) is 29.6 Å². The molecule has 0 aliphatic heterocycles. The lowest BCUT2D eigenvalue weighted by Gasteiger charge is -2.17. The lowest BCUT2D eigenvalue weighted by Crippen LogP contribution is -2.28. The van der Waals surface area contributed by atoms with E-state index in [9.17, 15) is 26.0 Å². The summed E-state index contributed by atoms with van der Waals surface area (Å²) in [4.78, 5) is 0. The molecule has 0 spiro atoms. The van der Waals surface area contributed by atoms with Crippen molar-refractivity contribution < 1.29 is 30.2 Å². The summed E-state index contributed by atoms with van der Waals surface area (Å²) >= 11 is 0. The first-order valence-electron chi connectivity index (χ1n) is 9.61. The predicted molar refractivity (Wildman–Crippen MR) is 102 cm³/mol. The molecule has 0 radical (unpaired) electrons. The Bertz CT molecular complexity index is 707. The molecule has 1 aromatic rings. The Labute approximate surface area is 165 Å². The van der Waals surface area contributed by atoms with Gasteiger partial charge in [0.15, 0.2) is 11.6 Å². The summed E-state index contributed by atoms with van der Waals surface area (Å²) in [5.74, 6) is -2.07. The maximum Gasteiger partial charge on any atom is 0.534 e. The number of unbranched alkanes of at least 4 members (excludes halogenated alkanes) is 6. The van der Waals surface area contributed by atoms with Crippen LogP contribution in [0, 0.1) is 11.2 Å². The fraction of sp³-hybridized carbons (Fsp3) is 0.700. The minimum Gasteiger partial charge on any atom is -0.373 e. The predicted octanol–water partition coefficient (Wildman–Crippen LogP) is 6.76. The Morgan fingerprint density at radius 2 is 1.43 bits per heavy atom. The van der Waals surface area contributed by atoms with Gasteiger partial charge in [-0.25, -0.2) is 4.39 Å². The topological polar surface area (TPSA) is 43.4 Å². The largest absolute Gasteiger partial charge is 0.534 e. The van der Waals surface area contributed by atoms with Crippen molar-refractivity contribution in [3.63, 3.8) is 0 Å². The number of halogens is 4. The SMILES string of the molecule is CC(C)(C)CCCCCCCCCc1ccc(OS(=O)(=O)C(F)(F)F)c(F)c1. The van der Waals surface area contributed by atoms with Gasteiger partial charge in [0.1, 0.15) is 0 Å². The molecule has 0 aliphatic rings. The normalized spacial score (nSPS) is 13.0. The third-order valence-corrected chi connectivity index (χ3v) is 5.34. The molecule has 0 bridgehead atoms. The molecule has 0 saturated carbocycles. The third-order valence-electron chi connectivity index (χ3n) is 4.37. The van der Waals surface area contributed by atoms with Crippen molar-refractivity contribution in [2.24, 2.45) is 5.41 Å². The highest BCUT2D eigenvalue weighted by Gasteiger charge is 2.48. The first-order valence-corrected chi connectivity index (χ1v) is 11.0. The van der Waals surface area contributed by atoms with Crippen LogP contribution < -0.4 is 4.18 Å². The van der Waals surface area contributed by atoms with Crippen molar-refractivity contribution in [3.8, 4) is 5.75 Å². The van der Waals surface area contributed by atoms with Crippen LogP contribution in [-0.2, 0) is 16.5 Å². The van der Waals surface area contributed by atoms with Gasteiger partial charge in [-0.3, -0.25) is 0 Å². The van der Waals surface area contributed by atoms with Gasteiger partial charge in [0.05, 0.1) is 0 Å². The van der Waals surface area contributed by atoms with Crippen LogP contribution in [-0.4, -0.2) is 13.9 Å². The van der Waals surface area contributed by atoms with Gasteiger partial charge in [-0.15, -0.1) is 0 Å². The van der Waals surface area contributed by atoms with Crippen molar-refractivity contribution in [1.29, 1.82) is 0 Å². The van der Waals surface area contributed by atoms with Crippen LogP contribution in [0.4, 0.5) is 17.6 Å². The maximum atomic E-state index is 13.8. The fourth-order valence-corrected chi connectivity index (χ4v) is 3.27. The van der Waals surface area contributed by atoms with Gasteiger partial charge >= 0.3 is 15.6 Å². The Morgan fingerprint density at radius 1 is 0.893 bits per heavy atom. The lowest BCUT2D eigenvalue weighted by molar-refractivity contribution is -0.0500.